The second-order valence-corrected chi connectivity index (χ2v) is 8.89. The van der Waals surface area contributed by atoms with Gasteiger partial charge in [-0.25, -0.2) is 23.2 Å². The number of sulfonamides is 1. The smallest absolute Gasteiger partial charge is 0.329 e. The molecule has 2 fully saturated rings. The Morgan fingerprint density at radius 3 is 2.43 bits per heavy atom. The molecule has 0 bridgehead atoms. The van der Waals surface area contributed by atoms with Crippen LogP contribution in [0.1, 0.15) is 19.3 Å². The monoisotopic (exact) mass is 411 g/mol. The topological polar surface area (TPSA) is 113 Å². The molecule has 1 atom stereocenters. The summed E-state index contributed by atoms with van der Waals surface area (Å²) < 4.78 is 29.7. The molecule has 3 rings (SSSR count). The standard InChI is InChI=1S/C17H25N5O5S/c1-28(25,26)21-11-9-20(10-12-21)15(23)13-27-16(24)14-5-2-3-8-22(14)17-18-6-4-7-19-17/h4,6-7,14H,2-3,5,8-13H2,1H3. The number of hydrogen-bond acceptors (Lipinski definition) is 8. The molecular formula is C17H25N5O5S. The van der Waals surface area contributed by atoms with Gasteiger partial charge in [0.05, 0.1) is 6.26 Å². The molecule has 0 aliphatic carbocycles. The second-order valence-electron chi connectivity index (χ2n) is 6.90. The number of nitrogens with zero attached hydrogens (tertiary/aromatic N) is 5. The van der Waals surface area contributed by atoms with Crippen molar-refractivity contribution in [3.8, 4) is 0 Å². The molecule has 3 heterocycles. The molecular weight excluding hydrogens is 386 g/mol. The molecule has 1 aromatic heterocycles. The Morgan fingerprint density at radius 2 is 1.79 bits per heavy atom. The van der Waals surface area contributed by atoms with Crippen LogP contribution in [0.15, 0.2) is 18.5 Å². The molecule has 2 saturated heterocycles. The van der Waals surface area contributed by atoms with Gasteiger partial charge in [-0.15, -0.1) is 0 Å². The molecule has 11 heteroatoms. The minimum absolute atomic E-state index is 0.250. The summed E-state index contributed by atoms with van der Waals surface area (Å²) in [5.74, 6) is -0.303. The lowest BCUT2D eigenvalue weighted by Crippen LogP contribution is -2.51. The Hall–Kier alpha value is -2.27. The SMILES string of the molecule is CS(=O)(=O)N1CCN(C(=O)COC(=O)C2CCCCN2c2ncccn2)CC1. The summed E-state index contributed by atoms with van der Waals surface area (Å²) in [6.45, 7) is 1.39. The van der Waals surface area contributed by atoms with Gasteiger partial charge in [-0.2, -0.15) is 4.31 Å². The first-order valence-corrected chi connectivity index (χ1v) is 11.1. The molecule has 10 nitrogen and oxygen atoms in total. The van der Waals surface area contributed by atoms with E-state index < -0.39 is 22.0 Å². The van der Waals surface area contributed by atoms with Crippen LogP contribution in [0.25, 0.3) is 0 Å². The van der Waals surface area contributed by atoms with Crippen molar-refractivity contribution >= 4 is 27.8 Å². The Kier molecular flexibility index (Phi) is 6.45. The van der Waals surface area contributed by atoms with Crippen molar-refractivity contribution in [1.29, 1.82) is 0 Å². The van der Waals surface area contributed by atoms with E-state index in [2.05, 4.69) is 9.97 Å². The van der Waals surface area contributed by atoms with Crippen LogP contribution in [0, 0.1) is 0 Å². The lowest BCUT2D eigenvalue weighted by Gasteiger charge is -2.35. The molecule has 1 amide bonds. The van der Waals surface area contributed by atoms with Gasteiger partial charge in [-0.05, 0) is 25.3 Å². The third-order valence-electron chi connectivity index (χ3n) is 4.98. The van der Waals surface area contributed by atoms with Gasteiger partial charge in [0.15, 0.2) is 6.61 Å². The molecule has 2 aliphatic heterocycles. The number of rotatable bonds is 5. The van der Waals surface area contributed by atoms with Gasteiger partial charge in [-0.3, -0.25) is 4.79 Å². The highest BCUT2D eigenvalue weighted by Gasteiger charge is 2.33. The van der Waals surface area contributed by atoms with Gasteiger partial charge in [-0.1, -0.05) is 0 Å². The molecule has 0 N–H and O–H groups in total. The third-order valence-corrected chi connectivity index (χ3v) is 6.29. The molecule has 0 radical (unpaired) electrons. The first-order valence-electron chi connectivity index (χ1n) is 9.29. The third kappa shape index (κ3) is 4.96. The maximum atomic E-state index is 12.6. The van der Waals surface area contributed by atoms with E-state index in [1.54, 1.807) is 18.5 Å². The average molecular weight is 411 g/mol. The minimum atomic E-state index is -3.26. The van der Waals surface area contributed by atoms with Gasteiger partial charge in [0.25, 0.3) is 5.91 Å². The number of piperidine rings is 1. The van der Waals surface area contributed by atoms with Crippen LogP contribution in [0.4, 0.5) is 5.95 Å². The first kappa shape index (κ1) is 20.5. The van der Waals surface area contributed by atoms with Gasteiger partial charge < -0.3 is 14.5 Å². The number of ether oxygens (including phenoxy) is 1. The van der Waals surface area contributed by atoms with Crippen LogP contribution in [-0.4, -0.2) is 91.1 Å². The lowest BCUT2D eigenvalue weighted by atomic mass is 10.0. The highest BCUT2D eigenvalue weighted by atomic mass is 32.2. The molecule has 2 aliphatic rings. The van der Waals surface area contributed by atoms with E-state index in [0.717, 1.165) is 19.1 Å². The van der Waals surface area contributed by atoms with Crippen LogP contribution in [0.5, 0.6) is 0 Å². The molecule has 1 unspecified atom stereocenters. The van der Waals surface area contributed by atoms with Gasteiger partial charge >= 0.3 is 5.97 Å². The van der Waals surface area contributed by atoms with Crippen molar-refractivity contribution in [1.82, 2.24) is 19.2 Å². The van der Waals surface area contributed by atoms with Gasteiger partial charge in [0.1, 0.15) is 6.04 Å². The highest BCUT2D eigenvalue weighted by molar-refractivity contribution is 7.88. The largest absolute Gasteiger partial charge is 0.454 e. The Bertz CT molecular complexity index is 795. The number of carbonyl (C=O) groups is 2. The lowest BCUT2D eigenvalue weighted by molar-refractivity contribution is -0.154. The summed E-state index contributed by atoms with van der Waals surface area (Å²) in [6, 6.07) is 1.20. The van der Waals surface area contributed by atoms with E-state index in [0.29, 0.717) is 18.9 Å². The Balaban J connectivity index is 1.52. The van der Waals surface area contributed by atoms with Crippen LogP contribution >= 0.6 is 0 Å². The van der Waals surface area contributed by atoms with E-state index in [4.69, 9.17) is 4.74 Å². The van der Waals surface area contributed by atoms with Crippen LogP contribution < -0.4 is 4.90 Å². The van der Waals surface area contributed by atoms with E-state index in [-0.39, 0.29) is 38.7 Å². The quantitative estimate of drug-likeness (QED) is 0.595. The number of esters is 1. The van der Waals surface area contributed by atoms with Crippen LogP contribution in [0.2, 0.25) is 0 Å². The summed E-state index contributed by atoms with van der Waals surface area (Å²) in [5.41, 5.74) is 0. The maximum Gasteiger partial charge on any atom is 0.329 e. The van der Waals surface area contributed by atoms with Gasteiger partial charge in [0, 0.05) is 45.1 Å². The number of piperazine rings is 1. The number of hydrogen-bond donors (Lipinski definition) is 0. The summed E-state index contributed by atoms with van der Waals surface area (Å²) in [5, 5.41) is 0. The average Bonchev–Trinajstić information content (AvgIpc) is 2.72. The van der Waals surface area contributed by atoms with Crippen molar-refractivity contribution < 1.29 is 22.7 Å². The molecule has 154 valence electrons. The molecule has 0 saturated carbocycles. The van der Waals surface area contributed by atoms with E-state index in [1.165, 1.54) is 9.21 Å². The number of amides is 1. The van der Waals surface area contributed by atoms with Gasteiger partial charge in [0.2, 0.25) is 16.0 Å². The predicted molar refractivity (Wildman–Crippen MR) is 101 cm³/mol. The number of aromatic nitrogens is 2. The molecule has 1 aromatic rings. The normalized spacial score (nSPS) is 21.4. The Morgan fingerprint density at radius 1 is 1.11 bits per heavy atom. The summed E-state index contributed by atoms with van der Waals surface area (Å²) >= 11 is 0. The van der Waals surface area contributed by atoms with Crippen molar-refractivity contribution in [2.24, 2.45) is 0 Å². The second kappa shape index (κ2) is 8.82. The van der Waals surface area contributed by atoms with E-state index in [9.17, 15) is 18.0 Å². The van der Waals surface area contributed by atoms with Crippen LogP contribution in [-0.2, 0) is 24.3 Å². The Labute approximate surface area is 164 Å². The zero-order valence-corrected chi connectivity index (χ0v) is 16.7. The maximum absolute atomic E-state index is 12.6. The van der Waals surface area contributed by atoms with Crippen molar-refractivity contribution in [2.45, 2.75) is 25.3 Å². The fourth-order valence-corrected chi connectivity index (χ4v) is 4.27. The molecule has 28 heavy (non-hydrogen) atoms. The number of carbonyl (C=O) groups excluding carboxylic acids is 2. The minimum Gasteiger partial charge on any atom is -0.454 e. The molecule has 0 aromatic carbocycles. The fourth-order valence-electron chi connectivity index (χ4n) is 3.45. The summed E-state index contributed by atoms with van der Waals surface area (Å²) in [7, 11) is -3.26. The zero-order chi connectivity index (χ0) is 20.1. The predicted octanol–water partition coefficient (Wildman–Crippen LogP) is -0.517. The van der Waals surface area contributed by atoms with Crippen LogP contribution in [0.3, 0.4) is 0 Å². The fraction of sp³-hybridized carbons (Fsp3) is 0.647. The number of anilines is 1. The first-order chi connectivity index (χ1) is 13.4. The van der Waals surface area contributed by atoms with E-state index >= 15 is 0 Å². The van der Waals surface area contributed by atoms with Crippen molar-refractivity contribution in [3.63, 3.8) is 0 Å². The zero-order valence-electron chi connectivity index (χ0n) is 15.9. The van der Waals surface area contributed by atoms with Crippen molar-refractivity contribution in [2.75, 3.05) is 50.5 Å². The highest BCUT2D eigenvalue weighted by Crippen LogP contribution is 2.22. The molecule has 0 spiro atoms. The van der Waals surface area contributed by atoms with Crippen molar-refractivity contribution in [3.05, 3.63) is 18.5 Å². The van der Waals surface area contributed by atoms with E-state index in [1.807, 2.05) is 4.90 Å². The summed E-state index contributed by atoms with van der Waals surface area (Å²) in [6.07, 6.45) is 6.85. The summed E-state index contributed by atoms with van der Waals surface area (Å²) in [4.78, 5) is 36.7.